The number of esters is 1. The number of fused-ring (bicyclic) bond motifs is 1. The first-order valence-electron chi connectivity index (χ1n) is 6.65. The highest BCUT2D eigenvalue weighted by atomic mass is 32.1. The van der Waals surface area contributed by atoms with Gasteiger partial charge in [-0.1, -0.05) is 25.2 Å². The Balaban J connectivity index is 2.11. The minimum atomic E-state index is -0.406. The topological polar surface area (TPSA) is 85.6 Å². The standard InChI is InChI=1S/C13H18N4O3S/c1-8(2)4-10(12(19)20-3)14-6-9-5-11(18)17-13(16-9)21-7-15-17/h5,7-8,10,14H,4,6H2,1-3H3. The van der Waals surface area contributed by atoms with Crippen molar-refractivity contribution in [2.45, 2.75) is 32.9 Å². The van der Waals surface area contributed by atoms with Crippen molar-refractivity contribution in [1.82, 2.24) is 19.9 Å². The van der Waals surface area contributed by atoms with Gasteiger partial charge in [0.1, 0.15) is 11.6 Å². The molecule has 0 aliphatic rings. The number of methoxy groups -OCH3 is 1. The van der Waals surface area contributed by atoms with E-state index in [-0.39, 0.29) is 11.5 Å². The maximum absolute atomic E-state index is 11.8. The Hall–Kier alpha value is -1.80. The third-order valence-corrected chi connectivity index (χ3v) is 3.64. The van der Waals surface area contributed by atoms with Crippen molar-refractivity contribution in [2.75, 3.05) is 7.11 Å². The molecule has 2 aromatic rings. The second-order valence-electron chi connectivity index (χ2n) is 5.11. The molecule has 1 N–H and O–H groups in total. The highest BCUT2D eigenvalue weighted by molar-refractivity contribution is 7.14. The van der Waals surface area contributed by atoms with Crippen molar-refractivity contribution < 1.29 is 9.53 Å². The molecule has 2 aromatic heterocycles. The molecule has 0 aliphatic carbocycles. The fraction of sp³-hybridized carbons (Fsp3) is 0.538. The van der Waals surface area contributed by atoms with Crippen LogP contribution in [-0.4, -0.2) is 33.7 Å². The third kappa shape index (κ3) is 3.85. The van der Waals surface area contributed by atoms with E-state index in [0.717, 1.165) is 0 Å². The average molecular weight is 310 g/mol. The van der Waals surface area contributed by atoms with Crippen molar-refractivity contribution in [3.8, 4) is 0 Å². The normalized spacial score (nSPS) is 12.8. The van der Waals surface area contributed by atoms with E-state index in [4.69, 9.17) is 4.74 Å². The number of hydrogen-bond donors (Lipinski definition) is 1. The van der Waals surface area contributed by atoms with Crippen molar-refractivity contribution in [2.24, 2.45) is 5.92 Å². The van der Waals surface area contributed by atoms with Crippen LogP contribution in [0.5, 0.6) is 0 Å². The van der Waals surface area contributed by atoms with E-state index in [0.29, 0.717) is 29.5 Å². The molecule has 1 unspecified atom stereocenters. The van der Waals surface area contributed by atoms with E-state index in [2.05, 4.69) is 15.4 Å². The third-order valence-electron chi connectivity index (χ3n) is 2.96. The summed E-state index contributed by atoms with van der Waals surface area (Å²) in [6, 6.07) is 1.01. The molecule has 7 nitrogen and oxygen atoms in total. The molecule has 0 aliphatic heterocycles. The first kappa shape index (κ1) is 15.6. The zero-order chi connectivity index (χ0) is 15.4. The van der Waals surface area contributed by atoms with E-state index < -0.39 is 6.04 Å². The average Bonchev–Trinajstić information content (AvgIpc) is 2.91. The Morgan fingerprint density at radius 2 is 2.29 bits per heavy atom. The molecular weight excluding hydrogens is 292 g/mol. The van der Waals surface area contributed by atoms with Crippen LogP contribution in [0.4, 0.5) is 0 Å². The van der Waals surface area contributed by atoms with E-state index in [1.54, 1.807) is 5.51 Å². The van der Waals surface area contributed by atoms with E-state index in [1.807, 2.05) is 13.8 Å². The molecule has 2 heterocycles. The fourth-order valence-electron chi connectivity index (χ4n) is 2.00. The summed E-state index contributed by atoms with van der Waals surface area (Å²) in [5, 5.41) is 7.00. The minimum absolute atomic E-state index is 0.225. The molecule has 114 valence electrons. The van der Waals surface area contributed by atoms with Gasteiger partial charge < -0.3 is 4.74 Å². The van der Waals surface area contributed by atoms with Gasteiger partial charge >= 0.3 is 5.97 Å². The summed E-state index contributed by atoms with van der Waals surface area (Å²) in [4.78, 5) is 28.4. The maximum Gasteiger partial charge on any atom is 0.322 e. The summed E-state index contributed by atoms with van der Waals surface area (Å²) in [6.45, 7) is 4.40. The van der Waals surface area contributed by atoms with Crippen LogP contribution in [0.2, 0.25) is 0 Å². The fourth-order valence-corrected chi connectivity index (χ4v) is 2.64. The van der Waals surface area contributed by atoms with Crippen LogP contribution in [0, 0.1) is 5.92 Å². The molecule has 0 spiro atoms. The minimum Gasteiger partial charge on any atom is -0.468 e. The summed E-state index contributed by atoms with van der Waals surface area (Å²) < 4.78 is 6.04. The molecule has 0 radical (unpaired) electrons. The molecule has 0 saturated carbocycles. The van der Waals surface area contributed by atoms with Crippen LogP contribution in [0.1, 0.15) is 26.0 Å². The van der Waals surface area contributed by atoms with E-state index >= 15 is 0 Å². The predicted molar refractivity (Wildman–Crippen MR) is 79.2 cm³/mol. The van der Waals surface area contributed by atoms with Gasteiger partial charge in [0.05, 0.1) is 12.8 Å². The van der Waals surface area contributed by atoms with Crippen molar-refractivity contribution >= 4 is 22.3 Å². The van der Waals surface area contributed by atoms with Gasteiger partial charge in [0, 0.05) is 12.6 Å². The van der Waals surface area contributed by atoms with E-state index in [1.165, 1.54) is 29.0 Å². The maximum atomic E-state index is 11.8. The molecule has 0 fully saturated rings. The molecule has 8 heteroatoms. The molecule has 1 atom stereocenters. The van der Waals surface area contributed by atoms with Crippen molar-refractivity contribution in [3.63, 3.8) is 0 Å². The number of carbonyl (C=O) groups is 1. The number of ether oxygens (including phenoxy) is 1. The summed E-state index contributed by atoms with van der Waals surface area (Å²) >= 11 is 1.29. The molecule has 21 heavy (non-hydrogen) atoms. The zero-order valence-electron chi connectivity index (χ0n) is 12.2. The number of carbonyl (C=O) groups excluding carboxylic acids is 1. The smallest absolute Gasteiger partial charge is 0.322 e. The number of rotatable bonds is 6. The van der Waals surface area contributed by atoms with Crippen molar-refractivity contribution in [3.05, 3.63) is 27.6 Å². The van der Waals surface area contributed by atoms with Gasteiger partial charge in [0.2, 0.25) is 4.96 Å². The number of nitrogens with one attached hydrogen (secondary N) is 1. The lowest BCUT2D eigenvalue weighted by molar-refractivity contribution is -0.143. The highest BCUT2D eigenvalue weighted by Gasteiger charge is 2.20. The van der Waals surface area contributed by atoms with Crippen LogP contribution < -0.4 is 10.9 Å². The second kappa shape index (κ2) is 6.77. The monoisotopic (exact) mass is 310 g/mol. The number of aromatic nitrogens is 3. The predicted octanol–water partition coefficient (Wildman–Crippen LogP) is 0.828. The molecular formula is C13H18N4O3S. The Morgan fingerprint density at radius 1 is 1.52 bits per heavy atom. The first-order valence-corrected chi connectivity index (χ1v) is 7.53. The quantitative estimate of drug-likeness (QED) is 0.795. The van der Waals surface area contributed by atoms with Gasteiger partial charge in [-0.3, -0.25) is 14.9 Å². The molecule has 2 rings (SSSR count). The number of hydrogen-bond acceptors (Lipinski definition) is 7. The molecule has 0 bridgehead atoms. The molecule has 0 aromatic carbocycles. The Bertz CT molecular complexity index is 679. The van der Waals surface area contributed by atoms with E-state index in [9.17, 15) is 9.59 Å². The first-order chi connectivity index (χ1) is 10.0. The SMILES string of the molecule is COC(=O)C(CC(C)C)NCc1cc(=O)n2ncsc2n1. The van der Waals surface area contributed by atoms with Gasteiger partial charge in [-0.15, -0.1) is 0 Å². The number of nitrogens with zero attached hydrogens (tertiary/aromatic N) is 3. The largest absolute Gasteiger partial charge is 0.468 e. The molecule has 0 amide bonds. The zero-order valence-corrected chi connectivity index (χ0v) is 13.0. The van der Waals surface area contributed by atoms with Crippen molar-refractivity contribution in [1.29, 1.82) is 0 Å². The van der Waals surface area contributed by atoms with Crippen LogP contribution >= 0.6 is 11.3 Å². The summed E-state index contributed by atoms with van der Waals surface area (Å²) in [5.74, 6) is 0.0449. The van der Waals surface area contributed by atoms with Gasteiger partial charge in [-0.2, -0.15) is 9.61 Å². The summed E-state index contributed by atoms with van der Waals surface area (Å²) in [7, 11) is 1.37. The van der Waals surface area contributed by atoms with Gasteiger partial charge in [-0.25, -0.2) is 4.98 Å². The second-order valence-corrected chi connectivity index (χ2v) is 5.92. The Labute approximate surface area is 126 Å². The summed E-state index contributed by atoms with van der Waals surface area (Å²) in [5.41, 5.74) is 1.93. The van der Waals surface area contributed by atoms with Crippen LogP contribution in [-0.2, 0) is 16.1 Å². The lowest BCUT2D eigenvalue weighted by Crippen LogP contribution is -2.38. The van der Waals surface area contributed by atoms with Crippen LogP contribution in [0.15, 0.2) is 16.4 Å². The van der Waals surface area contributed by atoms with Gasteiger partial charge in [-0.05, 0) is 12.3 Å². The highest BCUT2D eigenvalue weighted by Crippen LogP contribution is 2.08. The van der Waals surface area contributed by atoms with Crippen LogP contribution in [0.3, 0.4) is 0 Å². The van der Waals surface area contributed by atoms with Crippen LogP contribution in [0.25, 0.3) is 4.96 Å². The summed E-state index contributed by atoms with van der Waals surface area (Å²) in [6.07, 6.45) is 0.661. The van der Waals surface area contributed by atoms with Gasteiger partial charge in [0.15, 0.2) is 0 Å². The van der Waals surface area contributed by atoms with Gasteiger partial charge in [0.25, 0.3) is 5.56 Å². The Kier molecular flexibility index (Phi) is 5.03. The lowest BCUT2D eigenvalue weighted by Gasteiger charge is -2.17. The lowest BCUT2D eigenvalue weighted by atomic mass is 10.0. The Morgan fingerprint density at radius 3 is 2.95 bits per heavy atom. The molecule has 0 saturated heterocycles.